The molecule has 0 aromatic heterocycles. The van der Waals surface area contributed by atoms with E-state index in [0.29, 0.717) is 6.54 Å². The summed E-state index contributed by atoms with van der Waals surface area (Å²) < 4.78 is 5.30. The fourth-order valence-corrected chi connectivity index (χ4v) is 0.946. The van der Waals surface area contributed by atoms with Crippen LogP contribution in [0.4, 0.5) is 0 Å². The highest BCUT2D eigenvalue weighted by Gasteiger charge is 2.30. The maximum Gasteiger partial charge on any atom is 0.323 e. The second-order valence-corrected chi connectivity index (χ2v) is 3.34. The van der Waals surface area contributed by atoms with Crippen molar-refractivity contribution in [2.75, 3.05) is 13.2 Å². The number of carboxylic acid groups (broad SMARTS) is 1. The zero-order valence-electron chi connectivity index (χ0n) is 7.16. The average Bonchev–Trinajstić information content (AvgIpc) is 1.86. The summed E-state index contributed by atoms with van der Waals surface area (Å²) in [6, 6.07) is -0.539. The summed E-state index contributed by atoms with van der Waals surface area (Å²) in [5, 5.41) is 11.5. The normalized spacial score (nSPS) is 27.3. The van der Waals surface area contributed by atoms with Crippen LogP contribution in [-0.2, 0) is 9.53 Å². The molecule has 0 amide bonds. The highest BCUT2D eigenvalue weighted by Crippen LogP contribution is 2.12. The molecule has 0 saturated carbocycles. The van der Waals surface area contributed by atoms with Crippen LogP contribution in [0.1, 0.15) is 13.8 Å². The van der Waals surface area contributed by atoms with Gasteiger partial charge in [-0.1, -0.05) is 0 Å². The Morgan fingerprint density at radius 2 is 2.25 bits per heavy atom. The van der Waals surface area contributed by atoms with Gasteiger partial charge in [-0.25, -0.2) is 0 Å². The number of halogens is 1. The number of morpholine rings is 1. The zero-order valence-corrected chi connectivity index (χ0v) is 7.98. The van der Waals surface area contributed by atoms with E-state index < -0.39 is 12.0 Å². The molecule has 1 saturated heterocycles. The molecule has 1 aliphatic rings. The van der Waals surface area contributed by atoms with Crippen molar-refractivity contribution in [3.05, 3.63) is 0 Å². The van der Waals surface area contributed by atoms with Gasteiger partial charge >= 0.3 is 5.97 Å². The lowest BCUT2D eigenvalue weighted by molar-refractivity contribution is -0.147. The molecule has 1 atom stereocenters. The minimum atomic E-state index is -0.847. The molecule has 2 N–H and O–H groups in total. The van der Waals surface area contributed by atoms with Gasteiger partial charge in [-0.3, -0.25) is 10.1 Å². The largest absolute Gasteiger partial charge is 0.480 e. The summed E-state index contributed by atoms with van der Waals surface area (Å²) in [6.45, 7) is 4.70. The van der Waals surface area contributed by atoms with Crippen molar-refractivity contribution in [3.63, 3.8) is 0 Å². The monoisotopic (exact) mass is 195 g/mol. The van der Waals surface area contributed by atoms with Gasteiger partial charge in [0.1, 0.15) is 6.04 Å². The van der Waals surface area contributed by atoms with E-state index in [1.165, 1.54) is 0 Å². The molecular formula is C7H14ClNO3. The van der Waals surface area contributed by atoms with Gasteiger partial charge < -0.3 is 9.84 Å². The lowest BCUT2D eigenvalue weighted by Gasteiger charge is -2.33. The van der Waals surface area contributed by atoms with E-state index in [2.05, 4.69) is 5.32 Å². The third-order valence-corrected chi connectivity index (χ3v) is 1.71. The molecule has 1 fully saturated rings. The first-order chi connectivity index (χ1) is 5.01. The van der Waals surface area contributed by atoms with E-state index in [4.69, 9.17) is 9.84 Å². The van der Waals surface area contributed by atoms with Gasteiger partial charge in [0.15, 0.2) is 0 Å². The molecule has 0 bridgehead atoms. The maximum atomic E-state index is 10.4. The Balaban J connectivity index is 0.00000121. The molecule has 0 radical (unpaired) electrons. The summed E-state index contributed by atoms with van der Waals surface area (Å²) in [6.07, 6.45) is 0. The Morgan fingerprint density at radius 1 is 1.67 bits per heavy atom. The number of rotatable bonds is 1. The first-order valence-electron chi connectivity index (χ1n) is 3.61. The van der Waals surface area contributed by atoms with Gasteiger partial charge in [0.2, 0.25) is 0 Å². The number of ether oxygens (including phenoxy) is 1. The molecule has 0 aromatic rings. The third kappa shape index (κ3) is 2.97. The van der Waals surface area contributed by atoms with Crippen LogP contribution in [0.3, 0.4) is 0 Å². The predicted molar refractivity (Wildman–Crippen MR) is 46.7 cm³/mol. The van der Waals surface area contributed by atoms with Crippen molar-refractivity contribution in [1.29, 1.82) is 0 Å². The number of hydrogen-bond donors (Lipinski definition) is 2. The summed E-state index contributed by atoms with van der Waals surface area (Å²) in [4.78, 5) is 10.4. The Labute approximate surface area is 77.7 Å². The van der Waals surface area contributed by atoms with Crippen LogP contribution in [0.2, 0.25) is 0 Å². The Kier molecular flexibility index (Phi) is 3.96. The lowest BCUT2D eigenvalue weighted by Crippen LogP contribution is -2.54. The van der Waals surface area contributed by atoms with Gasteiger partial charge in [0.05, 0.1) is 12.2 Å². The number of nitrogens with one attached hydrogen (secondary N) is 1. The predicted octanol–water partition coefficient (Wildman–Crippen LogP) is 0.260. The lowest BCUT2D eigenvalue weighted by atomic mass is 10.1. The molecule has 0 aliphatic carbocycles. The van der Waals surface area contributed by atoms with Crippen molar-refractivity contribution < 1.29 is 14.6 Å². The number of hydrogen-bond acceptors (Lipinski definition) is 3. The van der Waals surface area contributed by atoms with E-state index in [1.807, 2.05) is 13.8 Å². The minimum Gasteiger partial charge on any atom is -0.480 e. The summed E-state index contributed by atoms with van der Waals surface area (Å²) in [7, 11) is 0. The molecule has 0 spiro atoms. The average molecular weight is 196 g/mol. The van der Waals surface area contributed by atoms with Crippen LogP contribution in [0.15, 0.2) is 0 Å². The maximum absolute atomic E-state index is 10.4. The summed E-state index contributed by atoms with van der Waals surface area (Å²) in [5.74, 6) is -0.847. The fourth-order valence-electron chi connectivity index (χ4n) is 0.946. The van der Waals surface area contributed by atoms with Crippen LogP contribution in [-0.4, -0.2) is 35.9 Å². The first kappa shape index (κ1) is 11.7. The molecule has 1 aliphatic heterocycles. The first-order valence-corrected chi connectivity index (χ1v) is 3.61. The highest BCUT2D eigenvalue weighted by molar-refractivity contribution is 5.85. The highest BCUT2D eigenvalue weighted by atomic mass is 35.5. The molecule has 72 valence electrons. The van der Waals surface area contributed by atoms with Gasteiger partial charge in [-0.05, 0) is 13.8 Å². The van der Waals surface area contributed by atoms with E-state index in [-0.39, 0.29) is 24.6 Å². The third-order valence-electron chi connectivity index (χ3n) is 1.71. The number of carbonyl (C=O) groups is 1. The van der Waals surface area contributed by atoms with E-state index >= 15 is 0 Å². The SMILES string of the molecule is CC1(C)CN[C@@H](C(=O)O)CO1.Cl. The van der Waals surface area contributed by atoms with E-state index in [9.17, 15) is 4.79 Å². The van der Waals surface area contributed by atoms with Crippen LogP contribution in [0.5, 0.6) is 0 Å². The molecule has 5 heteroatoms. The van der Waals surface area contributed by atoms with Crippen molar-refractivity contribution in [1.82, 2.24) is 5.32 Å². The van der Waals surface area contributed by atoms with Crippen molar-refractivity contribution in [2.45, 2.75) is 25.5 Å². The quantitative estimate of drug-likeness (QED) is 0.630. The van der Waals surface area contributed by atoms with Crippen LogP contribution < -0.4 is 5.32 Å². The molecule has 4 nitrogen and oxygen atoms in total. The minimum absolute atomic E-state index is 0. The van der Waals surface area contributed by atoms with Crippen LogP contribution >= 0.6 is 12.4 Å². The standard InChI is InChI=1S/C7H13NO3.ClH/c1-7(2)4-8-5(3-11-7)6(9)10;/h5,8H,3-4H2,1-2H3,(H,9,10);1H/t5-;/m1./s1. The van der Waals surface area contributed by atoms with Crippen LogP contribution in [0, 0.1) is 0 Å². The van der Waals surface area contributed by atoms with Gasteiger partial charge in [-0.2, -0.15) is 0 Å². The van der Waals surface area contributed by atoms with Crippen molar-refractivity contribution in [2.24, 2.45) is 0 Å². The topological polar surface area (TPSA) is 58.6 Å². The Bertz CT molecular complexity index is 162. The van der Waals surface area contributed by atoms with Gasteiger partial charge in [0, 0.05) is 6.54 Å². The molecule has 1 heterocycles. The Morgan fingerprint density at radius 3 is 2.58 bits per heavy atom. The van der Waals surface area contributed by atoms with Crippen molar-refractivity contribution in [3.8, 4) is 0 Å². The van der Waals surface area contributed by atoms with Gasteiger partial charge in [0.25, 0.3) is 0 Å². The molecule has 0 aromatic carbocycles. The zero-order chi connectivity index (χ0) is 8.48. The molecule has 0 unspecified atom stereocenters. The molecule has 1 rings (SSSR count). The van der Waals surface area contributed by atoms with E-state index in [1.54, 1.807) is 0 Å². The van der Waals surface area contributed by atoms with E-state index in [0.717, 1.165) is 0 Å². The molecular weight excluding hydrogens is 182 g/mol. The Hall–Kier alpha value is -0.320. The summed E-state index contributed by atoms with van der Waals surface area (Å²) >= 11 is 0. The van der Waals surface area contributed by atoms with Crippen LogP contribution in [0.25, 0.3) is 0 Å². The summed E-state index contributed by atoms with van der Waals surface area (Å²) in [5.41, 5.74) is -0.230. The van der Waals surface area contributed by atoms with Gasteiger partial charge in [-0.15, -0.1) is 12.4 Å². The smallest absolute Gasteiger partial charge is 0.323 e. The number of carboxylic acids is 1. The second-order valence-electron chi connectivity index (χ2n) is 3.34. The number of aliphatic carboxylic acids is 1. The second kappa shape index (κ2) is 4.07. The fraction of sp³-hybridized carbons (Fsp3) is 0.857. The molecule has 12 heavy (non-hydrogen) atoms. The van der Waals surface area contributed by atoms with Crippen molar-refractivity contribution >= 4 is 18.4 Å².